The monoisotopic (exact) mass is 308 g/mol. The van der Waals surface area contributed by atoms with Crippen LogP contribution in [0.5, 0.6) is 0 Å². The molecule has 22 heavy (non-hydrogen) atoms. The highest BCUT2D eigenvalue weighted by molar-refractivity contribution is 7.07. The van der Waals surface area contributed by atoms with Crippen LogP contribution in [0.25, 0.3) is 10.8 Å². The van der Waals surface area contributed by atoms with Gasteiger partial charge < -0.3 is 4.57 Å². The maximum atomic E-state index is 4.39. The number of hydrogen-bond donors (Lipinski definition) is 0. The first-order chi connectivity index (χ1) is 10.7. The van der Waals surface area contributed by atoms with E-state index in [9.17, 15) is 0 Å². The number of rotatable bonds is 2. The summed E-state index contributed by atoms with van der Waals surface area (Å²) >= 11 is 1.75. The van der Waals surface area contributed by atoms with Crippen LogP contribution in [0.15, 0.2) is 52.8 Å². The van der Waals surface area contributed by atoms with E-state index in [1.165, 1.54) is 41.3 Å². The SMILES string of the molecule is C/N=c1/scc(C2(c3ccc4ccccc4c3)CCC2)n1C. The van der Waals surface area contributed by atoms with Gasteiger partial charge in [-0.15, -0.1) is 11.3 Å². The van der Waals surface area contributed by atoms with Crippen molar-refractivity contribution in [2.45, 2.75) is 24.7 Å². The number of aromatic nitrogens is 1. The summed E-state index contributed by atoms with van der Waals surface area (Å²) in [5.74, 6) is 0. The molecule has 112 valence electrons. The standard InChI is InChI=1S/C19H20N2S/c1-20-18-21(2)17(13-22-18)19(10-5-11-19)16-9-8-14-6-3-4-7-15(14)12-16/h3-4,6-9,12-13H,5,10-11H2,1-2H3/b20-18+. The highest BCUT2D eigenvalue weighted by atomic mass is 32.1. The molecule has 1 aliphatic rings. The normalized spacial score (nSPS) is 17.6. The second kappa shape index (κ2) is 5.10. The summed E-state index contributed by atoms with van der Waals surface area (Å²) in [6, 6.07) is 15.6. The van der Waals surface area contributed by atoms with Gasteiger partial charge in [0.15, 0.2) is 4.80 Å². The minimum Gasteiger partial charge on any atom is -0.323 e. The van der Waals surface area contributed by atoms with Gasteiger partial charge in [-0.1, -0.05) is 48.9 Å². The van der Waals surface area contributed by atoms with Gasteiger partial charge in [0.25, 0.3) is 0 Å². The number of nitrogens with zero attached hydrogens (tertiary/aromatic N) is 2. The first kappa shape index (κ1) is 13.8. The molecule has 0 bridgehead atoms. The molecule has 3 aromatic rings. The van der Waals surface area contributed by atoms with Gasteiger partial charge in [0.05, 0.1) is 0 Å². The minimum atomic E-state index is 0.179. The smallest absolute Gasteiger partial charge is 0.184 e. The van der Waals surface area contributed by atoms with E-state index < -0.39 is 0 Å². The molecule has 1 aliphatic carbocycles. The number of benzene rings is 2. The van der Waals surface area contributed by atoms with Crippen molar-refractivity contribution in [3.8, 4) is 0 Å². The van der Waals surface area contributed by atoms with E-state index in [4.69, 9.17) is 0 Å². The van der Waals surface area contributed by atoms with Crippen molar-refractivity contribution in [1.82, 2.24) is 4.57 Å². The summed E-state index contributed by atoms with van der Waals surface area (Å²) in [6.07, 6.45) is 3.78. The van der Waals surface area contributed by atoms with Crippen molar-refractivity contribution in [2.75, 3.05) is 7.05 Å². The Bertz CT molecular complexity index is 897. The second-order valence-corrected chi connectivity index (χ2v) is 7.02. The molecule has 2 aromatic carbocycles. The van der Waals surface area contributed by atoms with E-state index in [0.29, 0.717) is 0 Å². The lowest BCUT2D eigenvalue weighted by molar-refractivity contribution is 0.286. The molecule has 0 aliphatic heterocycles. The lowest BCUT2D eigenvalue weighted by Crippen LogP contribution is -2.38. The Labute approximate surface area is 134 Å². The predicted octanol–water partition coefficient (Wildman–Crippen LogP) is 4.24. The molecule has 0 atom stereocenters. The molecule has 0 radical (unpaired) electrons. The van der Waals surface area contributed by atoms with Gasteiger partial charge >= 0.3 is 0 Å². The molecule has 0 N–H and O–H groups in total. The summed E-state index contributed by atoms with van der Waals surface area (Å²) < 4.78 is 2.28. The van der Waals surface area contributed by atoms with Crippen molar-refractivity contribution in [3.63, 3.8) is 0 Å². The molecule has 0 amide bonds. The van der Waals surface area contributed by atoms with Gasteiger partial charge in [-0.25, -0.2) is 0 Å². The highest BCUT2D eigenvalue weighted by Gasteiger charge is 2.42. The Kier molecular flexibility index (Phi) is 3.19. The van der Waals surface area contributed by atoms with Gasteiger partial charge in [0, 0.05) is 30.6 Å². The minimum absolute atomic E-state index is 0.179. The van der Waals surface area contributed by atoms with Gasteiger partial charge in [0.2, 0.25) is 0 Å². The third kappa shape index (κ3) is 1.88. The molecule has 1 fully saturated rings. The summed E-state index contributed by atoms with van der Waals surface area (Å²) in [4.78, 5) is 5.49. The summed E-state index contributed by atoms with van der Waals surface area (Å²) in [6.45, 7) is 0. The summed E-state index contributed by atoms with van der Waals surface area (Å²) in [5.41, 5.74) is 3.05. The highest BCUT2D eigenvalue weighted by Crippen LogP contribution is 2.49. The molecule has 0 unspecified atom stereocenters. The van der Waals surface area contributed by atoms with Crippen LogP contribution in [-0.4, -0.2) is 11.6 Å². The Morgan fingerprint density at radius 1 is 1.09 bits per heavy atom. The van der Waals surface area contributed by atoms with Crippen LogP contribution in [0.3, 0.4) is 0 Å². The van der Waals surface area contributed by atoms with E-state index in [1.807, 2.05) is 7.05 Å². The molecule has 1 heterocycles. The van der Waals surface area contributed by atoms with Crippen LogP contribution in [0.2, 0.25) is 0 Å². The van der Waals surface area contributed by atoms with Crippen LogP contribution in [-0.2, 0) is 12.5 Å². The van der Waals surface area contributed by atoms with E-state index >= 15 is 0 Å². The van der Waals surface area contributed by atoms with Crippen molar-refractivity contribution in [2.24, 2.45) is 12.0 Å². The van der Waals surface area contributed by atoms with Gasteiger partial charge in [-0.3, -0.25) is 4.99 Å². The fraction of sp³-hybridized carbons (Fsp3) is 0.316. The maximum absolute atomic E-state index is 4.39. The largest absolute Gasteiger partial charge is 0.323 e. The van der Waals surface area contributed by atoms with Crippen LogP contribution in [0, 0.1) is 0 Å². The fourth-order valence-corrected chi connectivity index (χ4v) is 4.68. The van der Waals surface area contributed by atoms with Gasteiger partial charge in [-0.05, 0) is 29.2 Å². The van der Waals surface area contributed by atoms with Crippen molar-refractivity contribution >= 4 is 22.1 Å². The third-order valence-electron chi connectivity index (χ3n) is 5.12. The molecular formula is C19H20N2S. The molecular weight excluding hydrogens is 288 g/mol. The quantitative estimate of drug-likeness (QED) is 0.674. The van der Waals surface area contributed by atoms with Crippen LogP contribution in [0.4, 0.5) is 0 Å². The number of fused-ring (bicyclic) bond motifs is 1. The van der Waals surface area contributed by atoms with E-state index in [0.717, 1.165) is 4.80 Å². The average Bonchev–Trinajstić information content (AvgIpc) is 2.88. The molecule has 1 aromatic heterocycles. The van der Waals surface area contributed by atoms with Crippen LogP contribution < -0.4 is 4.80 Å². The molecule has 4 rings (SSSR count). The third-order valence-corrected chi connectivity index (χ3v) is 6.12. The first-order valence-electron chi connectivity index (χ1n) is 7.82. The zero-order valence-corrected chi connectivity index (χ0v) is 13.9. The van der Waals surface area contributed by atoms with E-state index in [1.54, 1.807) is 11.3 Å². The lowest BCUT2D eigenvalue weighted by atomic mass is 9.62. The average molecular weight is 308 g/mol. The Morgan fingerprint density at radius 3 is 2.50 bits per heavy atom. The van der Waals surface area contributed by atoms with Crippen molar-refractivity contribution in [1.29, 1.82) is 0 Å². The van der Waals surface area contributed by atoms with Crippen molar-refractivity contribution in [3.05, 3.63) is 63.9 Å². The van der Waals surface area contributed by atoms with Gasteiger partial charge in [0.1, 0.15) is 0 Å². The Balaban J connectivity index is 1.91. The van der Waals surface area contributed by atoms with Crippen LogP contribution in [0.1, 0.15) is 30.5 Å². The van der Waals surface area contributed by atoms with Crippen LogP contribution >= 0.6 is 11.3 Å². The number of thiazole rings is 1. The molecule has 0 saturated heterocycles. The van der Waals surface area contributed by atoms with E-state index in [-0.39, 0.29) is 5.41 Å². The van der Waals surface area contributed by atoms with E-state index in [2.05, 4.69) is 64.5 Å². The molecule has 0 spiro atoms. The van der Waals surface area contributed by atoms with Crippen molar-refractivity contribution < 1.29 is 0 Å². The summed E-state index contributed by atoms with van der Waals surface area (Å²) in [5, 5.41) is 4.96. The Hall–Kier alpha value is -1.87. The van der Waals surface area contributed by atoms with Gasteiger partial charge in [-0.2, -0.15) is 0 Å². The molecule has 2 nitrogen and oxygen atoms in total. The molecule has 3 heteroatoms. The molecule has 1 saturated carbocycles. The topological polar surface area (TPSA) is 17.3 Å². The zero-order chi connectivity index (χ0) is 15.2. The fourth-order valence-electron chi connectivity index (χ4n) is 3.72. The lowest BCUT2D eigenvalue weighted by Gasteiger charge is -2.42. The second-order valence-electron chi connectivity index (χ2n) is 6.18. The maximum Gasteiger partial charge on any atom is 0.184 e. The Morgan fingerprint density at radius 2 is 1.86 bits per heavy atom. The zero-order valence-electron chi connectivity index (χ0n) is 13.0. The number of hydrogen-bond acceptors (Lipinski definition) is 2. The summed E-state index contributed by atoms with van der Waals surface area (Å²) in [7, 11) is 4.02. The predicted molar refractivity (Wildman–Crippen MR) is 93.4 cm³/mol. The first-order valence-corrected chi connectivity index (χ1v) is 8.70.